The number of nitriles is 1. The van der Waals surface area contributed by atoms with E-state index in [4.69, 9.17) is 10.00 Å². The van der Waals surface area contributed by atoms with Gasteiger partial charge in [-0.2, -0.15) is 9.65 Å². The molecule has 1 aromatic carbocycles. The van der Waals surface area contributed by atoms with E-state index in [1.54, 1.807) is 6.08 Å². The lowest BCUT2D eigenvalue weighted by molar-refractivity contribution is 0.0110. The Morgan fingerprint density at radius 2 is 1.87 bits per heavy atom. The van der Waals surface area contributed by atoms with Crippen LogP contribution in [0.25, 0.3) is 0 Å². The number of allylic oxidation sites excluding steroid dienone is 4. The maximum absolute atomic E-state index is 12.7. The number of aryl methyl sites for hydroxylation is 1. The first-order valence-electron chi connectivity index (χ1n) is 8.34. The minimum atomic E-state index is -0.743. The Balaban J connectivity index is 1.71. The van der Waals surface area contributed by atoms with Crippen molar-refractivity contribution in [2.75, 3.05) is 0 Å². The molecule has 2 rings (SSSR count). The van der Waals surface area contributed by atoms with Gasteiger partial charge in [0.05, 0.1) is 12.7 Å². The van der Waals surface area contributed by atoms with E-state index in [2.05, 4.69) is 31.2 Å². The lowest BCUT2D eigenvalue weighted by Gasteiger charge is -2.26. The second kappa shape index (κ2) is 9.27. The summed E-state index contributed by atoms with van der Waals surface area (Å²) in [4.78, 5) is 0. The summed E-state index contributed by atoms with van der Waals surface area (Å²) in [5.41, 5.74) is 2.57. The van der Waals surface area contributed by atoms with Crippen molar-refractivity contribution in [3.63, 3.8) is 0 Å². The Hall–Kier alpha value is -1.92. The highest BCUT2D eigenvalue weighted by Gasteiger charge is 2.19. The zero-order valence-corrected chi connectivity index (χ0v) is 13.7. The van der Waals surface area contributed by atoms with E-state index in [0.29, 0.717) is 18.6 Å². The van der Waals surface area contributed by atoms with Crippen LogP contribution in [0.3, 0.4) is 0 Å². The second-order valence-corrected chi connectivity index (χ2v) is 6.03. The molecule has 1 aromatic rings. The van der Waals surface area contributed by atoms with E-state index >= 15 is 0 Å². The minimum Gasteiger partial charge on any atom is -0.374 e. The van der Waals surface area contributed by atoms with Crippen LogP contribution in [0, 0.1) is 17.2 Å². The largest absolute Gasteiger partial charge is 0.374 e. The van der Waals surface area contributed by atoms with Gasteiger partial charge in [0.2, 0.25) is 0 Å². The maximum Gasteiger partial charge on any atom is 0.199 e. The minimum absolute atomic E-state index is 0.317. The Labute approximate surface area is 138 Å². The first-order valence-corrected chi connectivity index (χ1v) is 8.34. The summed E-state index contributed by atoms with van der Waals surface area (Å²) in [5.74, 6) is -0.284. The Morgan fingerprint density at radius 1 is 1.22 bits per heavy atom. The SMILES string of the molecule is CCc1ccc(CO[C@H]2CC[C@H](C=CC=C(F)C#N)CC2)cc1. The number of ether oxygens (including phenoxy) is 1. The summed E-state index contributed by atoms with van der Waals surface area (Å²) in [6.07, 6.45) is 10.4. The van der Waals surface area contributed by atoms with Crippen LogP contribution in [0.5, 0.6) is 0 Å². The first kappa shape index (κ1) is 17.4. The van der Waals surface area contributed by atoms with E-state index in [9.17, 15) is 4.39 Å². The summed E-state index contributed by atoms with van der Waals surface area (Å²) in [6.45, 7) is 2.83. The van der Waals surface area contributed by atoms with Gasteiger partial charge in [-0.1, -0.05) is 43.3 Å². The molecule has 0 unspecified atom stereocenters. The van der Waals surface area contributed by atoms with Gasteiger partial charge in [-0.3, -0.25) is 0 Å². The number of hydrogen-bond donors (Lipinski definition) is 0. The average molecular weight is 313 g/mol. The molecule has 0 heterocycles. The third-order valence-electron chi connectivity index (χ3n) is 4.37. The highest BCUT2D eigenvalue weighted by Crippen LogP contribution is 2.27. The molecule has 0 aliphatic heterocycles. The number of hydrogen-bond acceptors (Lipinski definition) is 2. The third-order valence-corrected chi connectivity index (χ3v) is 4.37. The molecule has 2 nitrogen and oxygen atoms in total. The molecule has 0 atom stereocenters. The summed E-state index contributed by atoms with van der Waals surface area (Å²) in [7, 11) is 0. The number of nitrogens with zero attached hydrogens (tertiary/aromatic N) is 1. The molecule has 1 saturated carbocycles. The molecule has 0 aromatic heterocycles. The summed E-state index contributed by atoms with van der Waals surface area (Å²) < 4.78 is 18.7. The molecule has 0 radical (unpaired) electrons. The van der Waals surface area contributed by atoms with Crippen LogP contribution >= 0.6 is 0 Å². The molecule has 0 spiro atoms. The molecule has 0 N–H and O–H groups in total. The molecule has 23 heavy (non-hydrogen) atoms. The first-order chi connectivity index (χ1) is 11.2. The normalized spacial score (nSPS) is 22.2. The molecule has 1 aliphatic rings. The smallest absolute Gasteiger partial charge is 0.199 e. The highest BCUT2D eigenvalue weighted by atomic mass is 19.1. The van der Waals surface area contributed by atoms with Gasteiger partial charge in [-0.15, -0.1) is 0 Å². The van der Waals surface area contributed by atoms with Crippen molar-refractivity contribution in [1.82, 2.24) is 0 Å². The van der Waals surface area contributed by atoms with Crippen molar-refractivity contribution >= 4 is 0 Å². The van der Waals surface area contributed by atoms with Gasteiger partial charge in [-0.25, -0.2) is 0 Å². The standard InChI is InChI=1S/C20H24FNO/c1-2-16-6-8-18(9-7-16)15-23-20-12-10-17(11-13-20)4-3-5-19(21)14-22/h3-9,17,20H,2,10-13,15H2,1H3/t17-,20-. The zero-order valence-electron chi connectivity index (χ0n) is 13.7. The van der Waals surface area contributed by atoms with E-state index in [1.165, 1.54) is 23.3 Å². The van der Waals surface area contributed by atoms with Gasteiger partial charge in [0.15, 0.2) is 5.83 Å². The molecule has 0 amide bonds. The molecule has 122 valence electrons. The molecule has 0 bridgehead atoms. The second-order valence-electron chi connectivity index (χ2n) is 6.03. The van der Waals surface area contributed by atoms with Crippen molar-refractivity contribution in [3.05, 3.63) is 59.4 Å². The van der Waals surface area contributed by atoms with Crippen LogP contribution in [-0.2, 0) is 17.8 Å². The van der Waals surface area contributed by atoms with Gasteiger partial charge >= 0.3 is 0 Å². The van der Waals surface area contributed by atoms with Crippen LogP contribution in [0.1, 0.15) is 43.7 Å². The fraction of sp³-hybridized carbons (Fsp3) is 0.450. The number of rotatable bonds is 6. The summed E-state index contributed by atoms with van der Waals surface area (Å²) in [5, 5.41) is 8.35. The van der Waals surface area contributed by atoms with E-state index < -0.39 is 5.83 Å². The number of benzene rings is 1. The van der Waals surface area contributed by atoms with Crippen LogP contribution in [0.2, 0.25) is 0 Å². The van der Waals surface area contributed by atoms with Crippen LogP contribution in [0.4, 0.5) is 4.39 Å². The molecule has 3 heteroatoms. The molecule has 1 fully saturated rings. The average Bonchev–Trinajstić information content (AvgIpc) is 2.61. The lowest BCUT2D eigenvalue weighted by Crippen LogP contribution is -2.20. The van der Waals surface area contributed by atoms with Crippen LogP contribution in [0.15, 0.2) is 48.3 Å². The van der Waals surface area contributed by atoms with Crippen molar-refractivity contribution in [3.8, 4) is 6.07 Å². The maximum atomic E-state index is 12.7. The van der Waals surface area contributed by atoms with Crippen molar-refractivity contribution in [2.45, 2.75) is 51.7 Å². The van der Waals surface area contributed by atoms with Gasteiger partial charge in [0, 0.05) is 0 Å². The van der Waals surface area contributed by atoms with Gasteiger partial charge in [0.25, 0.3) is 0 Å². The predicted molar refractivity (Wildman–Crippen MR) is 90.3 cm³/mol. The van der Waals surface area contributed by atoms with Crippen molar-refractivity contribution < 1.29 is 9.13 Å². The topological polar surface area (TPSA) is 33.0 Å². The quantitative estimate of drug-likeness (QED) is 0.530. The fourth-order valence-electron chi connectivity index (χ4n) is 2.87. The lowest BCUT2D eigenvalue weighted by atomic mass is 9.87. The van der Waals surface area contributed by atoms with Gasteiger partial charge in [0.1, 0.15) is 6.07 Å². The Kier molecular flexibility index (Phi) is 7.03. The zero-order chi connectivity index (χ0) is 16.5. The molecular weight excluding hydrogens is 289 g/mol. The highest BCUT2D eigenvalue weighted by molar-refractivity contribution is 5.22. The predicted octanol–water partition coefficient (Wildman–Crippen LogP) is 5.26. The van der Waals surface area contributed by atoms with Gasteiger partial charge < -0.3 is 4.74 Å². The monoisotopic (exact) mass is 313 g/mol. The van der Waals surface area contributed by atoms with E-state index in [1.807, 2.05) is 6.08 Å². The van der Waals surface area contributed by atoms with Crippen LogP contribution < -0.4 is 0 Å². The number of halogens is 1. The fourth-order valence-corrected chi connectivity index (χ4v) is 2.87. The summed E-state index contributed by atoms with van der Waals surface area (Å²) >= 11 is 0. The third kappa shape index (κ3) is 6.00. The Morgan fingerprint density at radius 3 is 2.48 bits per heavy atom. The molecule has 0 saturated heterocycles. The Bertz CT molecular complexity index is 575. The van der Waals surface area contributed by atoms with Crippen molar-refractivity contribution in [2.24, 2.45) is 5.92 Å². The van der Waals surface area contributed by atoms with E-state index in [-0.39, 0.29) is 0 Å². The van der Waals surface area contributed by atoms with Crippen LogP contribution in [-0.4, -0.2) is 6.10 Å². The molecule has 1 aliphatic carbocycles. The van der Waals surface area contributed by atoms with E-state index in [0.717, 1.165) is 32.1 Å². The molecular formula is C20H24FNO. The summed E-state index contributed by atoms with van der Waals surface area (Å²) in [6, 6.07) is 10.1. The van der Waals surface area contributed by atoms with Crippen molar-refractivity contribution in [1.29, 1.82) is 5.26 Å². The van der Waals surface area contributed by atoms with Gasteiger partial charge in [-0.05, 0) is 55.2 Å².